The lowest BCUT2D eigenvalue weighted by Crippen LogP contribution is -2.28. The van der Waals surface area contributed by atoms with E-state index in [-0.39, 0.29) is 17.1 Å². The van der Waals surface area contributed by atoms with Crippen LogP contribution in [0.5, 0.6) is 11.5 Å². The fourth-order valence-electron chi connectivity index (χ4n) is 3.66. The monoisotopic (exact) mass is 407 g/mol. The van der Waals surface area contributed by atoms with Crippen LogP contribution in [0.3, 0.4) is 0 Å². The molecule has 0 aliphatic carbocycles. The van der Waals surface area contributed by atoms with Crippen molar-refractivity contribution in [3.63, 3.8) is 0 Å². The number of pyridine rings is 1. The molecule has 0 radical (unpaired) electrons. The van der Waals surface area contributed by atoms with Gasteiger partial charge in [-0.15, -0.1) is 0 Å². The molecule has 0 spiro atoms. The average molecular weight is 407 g/mol. The summed E-state index contributed by atoms with van der Waals surface area (Å²) in [7, 11) is -4.10. The minimum Gasteiger partial charge on any atom is -0.454 e. The number of nitrogens with zero attached hydrogens (tertiary/aromatic N) is 1. The van der Waals surface area contributed by atoms with E-state index in [9.17, 15) is 13.2 Å². The molecule has 29 heavy (non-hydrogen) atoms. The smallest absolute Gasteiger partial charge is 0.273 e. The van der Waals surface area contributed by atoms with Crippen LogP contribution in [-0.4, -0.2) is 19.2 Å². The molecule has 5 rings (SSSR count). The highest BCUT2D eigenvalue weighted by molar-refractivity contribution is 7.90. The third-order valence-electron chi connectivity index (χ3n) is 5.15. The lowest BCUT2D eigenvalue weighted by Gasteiger charge is -2.15. The molecule has 0 fully saturated rings. The fraction of sp³-hybridized carbons (Fsp3) is 0.136. The molecule has 7 heteroatoms. The minimum atomic E-state index is -4.10. The lowest BCUT2D eigenvalue weighted by molar-refractivity contribution is 0.174. The Morgan fingerprint density at radius 3 is 2.10 bits per heavy atom. The summed E-state index contributed by atoms with van der Waals surface area (Å²) in [6.45, 7) is 3.86. The van der Waals surface area contributed by atoms with Gasteiger partial charge in [-0.2, -0.15) is 3.97 Å². The molecule has 0 saturated carbocycles. The maximum Gasteiger partial charge on any atom is 0.273 e. The molecule has 2 heterocycles. The van der Waals surface area contributed by atoms with Crippen molar-refractivity contribution in [1.82, 2.24) is 3.97 Å². The standard InChI is InChI=1S/C22H17NO5S/c1-13-3-6-15(7-4-13)29(25,26)23-19-8-5-14(2)9-17(19)16-10-20-21(28-12-27-20)11-18(16)22(23)24/h3-11H,12H2,1-2H3. The van der Waals surface area contributed by atoms with Crippen LogP contribution >= 0.6 is 0 Å². The number of aromatic nitrogens is 1. The first-order valence-electron chi connectivity index (χ1n) is 9.07. The topological polar surface area (TPSA) is 74.6 Å². The van der Waals surface area contributed by atoms with Crippen molar-refractivity contribution >= 4 is 31.7 Å². The van der Waals surface area contributed by atoms with Crippen LogP contribution in [0.15, 0.2) is 64.3 Å². The van der Waals surface area contributed by atoms with E-state index in [0.717, 1.165) is 15.1 Å². The summed E-state index contributed by atoms with van der Waals surface area (Å²) in [6, 6.07) is 15.1. The van der Waals surface area contributed by atoms with Gasteiger partial charge in [-0.1, -0.05) is 29.3 Å². The van der Waals surface area contributed by atoms with Crippen LogP contribution in [-0.2, 0) is 10.0 Å². The van der Waals surface area contributed by atoms with Crippen LogP contribution in [0.2, 0.25) is 0 Å². The van der Waals surface area contributed by atoms with E-state index in [1.165, 1.54) is 12.1 Å². The highest BCUT2D eigenvalue weighted by atomic mass is 32.2. The molecule has 146 valence electrons. The molecule has 0 atom stereocenters. The summed E-state index contributed by atoms with van der Waals surface area (Å²) in [5.74, 6) is 0.972. The SMILES string of the molecule is Cc1ccc(S(=O)(=O)n2c(=O)c3cc4c(cc3c3cc(C)ccc32)OCO4)cc1. The minimum absolute atomic E-state index is 0.0622. The molecule has 4 aromatic rings. The van der Waals surface area contributed by atoms with Crippen molar-refractivity contribution in [2.45, 2.75) is 18.7 Å². The third kappa shape index (κ3) is 2.61. The van der Waals surface area contributed by atoms with Gasteiger partial charge in [-0.25, -0.2) is 8.42 Å². The van der Waals surface area contributed by atoms with E-state index in [2.05, 4.69) is 0 Å². The van der Waals surface area contributed by atoms with E-state index >= 15 is 0 Å². The van der Waals surface area contributed by atoms with Gasteiger partial charge >= 0.3 is 0 Å². The maximum absolute atomic E-state index is 13.4. The Balaban J connectivity index is 1.95. The molecule has 0 unspecified atom stereocenters. The van der Waals surface area contributed by atoms with Gasteiger partial charge in [0.05, 0.1) is 15.8 Å². The van der Waals surface area contributed by atoms with Gasteiger partial charge in [0.1, 0.15) is 0 Å². The fourth-order valence-corrected chi connectivity index (χ4v) is 5.08. The van der Waals surface area contributed by atoms with Crippen molar-refractivity contribution in [1.29, 1.82) is 0 Å². The highest BCUT2D eigenvalue weighted by Gasteiger charge is 2.25. The van der Waals surface area contributed by atoms with Gasteiger partial charge in [0.15, 0.2) is 11.5 Å². The molecular weight excluding hydrogens is 390 g/mol. The van der Waals surface area contributed by atoms with E-state index in [1.54, 1.807) is 36.4 Å². The second-order valence-electron chi connectivity index (χ2n) is 7.16. The normalized spacial score (nSPS) is 13.3. The predicted molar refractivity (Wildman–Crippen MR) is 110 cm³/mol. The number of benzene rings is 3. The zero-order valence-corrected chi connectivity index (χ0v) is 16.6. The molecule has 0 amide bonds. The van der Waals surface area contributed by atoms with E-state index in [1.807, 2.05) is 19.9 Å². The summed E-state index contributed by atoms with van der Waals surface area (Å²) in [6.07, 6.45) is 0. The van der Waals surface area contributed by atoms with Crippen LogP contribution in [0.25, 0.3) is 21.7 Å². The summed E-state index contributed by atoms with van der Waals surface area (Å²) in [4.78, 5) is 13.5. The predicted octanol–water partition coefficient (Wildman–Crippen LogP) is 3.74. The van der Waals surface area contributed by atoms with Crippen LogP contribution in [0.1, 0.15) is 11.1 Å². The molecular formula is C22H17NO5S. The van der Waals surface area contributed by atoms with Gasteiger partial charge in [-0.05, 0) is 50.2 Å². The van der Waals surface area contributed by atoms with Gasteiger partial charge in [0.2, 0.25) is 6.79 Å². The molecule has 0 N–H and O–H groups in total. The van der Waals surface area contributed by atoms with Crippen molar-refractivity contribution in [3.05, 3.63) is 76.1 Å². The first kappa shape index (κ1) is 17.8. The van der Waals surface area contributed by atoms with Crippen molar-refractivity contribution < 1.29 is 17.9 Å². The maximum atomic E-state index is 13.4. The number of ether oxygens (including phenoxy) is 2. The van der Waals surface area contributed by atoms with Crippen molar-refractivity contribution in [2.24, 2.45) is 0 Å². The summed E-state index contributed by atoms with van der Waals surface area (Å²) < 4.78 is 38.6. The molecule has 0 saturated heterocycles. The van der Waals surface area contributed by atoms with Gasteiger partial charge in [0.25, 0.3) is 15.6 Å². The number of rotatable bonds is 2. The molecule has 6 nitrogen and oxygen atoms in total. The first-order chi connectivity index (χ1) is 13.9. The molecule has 1 aliphatic heterocycles. The molecule has 0 bridgehead atoms. The van der Waals surface area contributed by atoms with Crippen LogP contribution in [0, 0.1) is 13.8 Å². The molecule has 3 aromatic carbocycles. The Morgan fingerprint density at radius 1 is 0.793 bits per heavy atom. The zero-order valence-electron chi connectivity index (χ0n) is 15.8. The van der Waals surface area contributed by atoms with Crippen molar-refractivity contribution in [2.75, 3.05) is 6.79 Å². The van der Waals surface area contributed by atoms with Crippen LogP contribution in [0.4, 0.5) is 0 Å². The Hall–Kier alpha value is -3.32. The number of aryl methyl sites for hydroxylation is 2. The van der Waals surface area contributed by atoms with Crippen molar-refractivity contribution in [3.8, 4) is 11.5 Å². The zero-order chi connectivity index (χ0) is 20.3. The summed E-state index contributed by atoms with van der Waals surface area (Å²) >= 11 is 0. The molecule has 1 aromatic heterocycles. The second-order valence-corrected chi connectivity index (χ2v) is 8.95. The number of fused-ring (bicyclic) bond motifs is 4. The number of hydrogen-bond acceptors (Lipinski definition) is 5. The summed E-state index contributed by atoms with van der Waals surface area (Å²) in [5.41, 5.74) is 1.60. The Kier molecular flexibility index (Phi) is 3.73. The first-order valence-corrected chi connectivity index (χ1v) is 10.5. The Morgan fingerprint density at radius 2 is 1.41 bits per heavy atom. The van der Waals surface area contributed by atoms with Gasteiger partial charge in [0, 0.05) is 10.8 Å². The summed E-state index contributed by atoms with van der Waals surface area (Å²) in [5, 5.41) is 1.56. The average Bonchev–Trinajstić information content (AvgIpc) is 3.15. The quantitative estimate of drug-likeness (QED) is 0.473. The Labute approximate surface area is 167 Å². The molecule has 1 aliphatic rings. The van der Waals surface area contributed by atoms with Crippen LogP contribution < -0.4 is 15.0 Å². The number of hydrogen-bond donors (Lipinski definition) is 0. The highest BCUT2D eigenvalue weighted by Crippen LogP contribution is 2.38. The third-order valence-corrected chi connectivity index (χ3v) is 6.86. The second kappa shape index (κ2) is 6.09. The lowest BCUT2D eigenvalue weighted by atomic mass is 10.0. The van der Waals surface area contributed by atoms with Gasteiger partial charge in [-0.3, -0.25) is 4.79 Å². The van der Waals surface area contributed by atoms with E-state index < -0.39 is 15.6 Å². The van der Waals surface area contributed by atoms with E-state index in [0.29, 0.717) is 27.8 Å². The largest absolute Gasteiger partial charge is 0.454 e. The Bertz CT molecular complexity index is 1470. The van der Waals surface area contributed by atoms with Gasteiger partial charge < -0.3 is 9.47 Å². The van der Waals surface area contributed by atoms with E-state index in [4.69, 9.17) is 9.47 Å².